The van der Waals surface area contributed by atoms with Crippen LogP contribution in [0, 0.1) is 5.82 Å². The normalized spacial score (nSPS) is 10.1. The fourth-order valence-electron chi connectivity index (χ4n) is 1.34. The molecule has 0 saturated carbocycles. The van der Waals surface area contributed by atoms with Crippen LogP contribution in [0.4, 0.5) is 4.39 Å². The third-order valence-electron chi connectivity index (χ3n) is 2.21. The van der Waals surface area contributed by atoms with Crippen LogP contribution in [0.3, 0.4) is 0 Å². The van der Waals surface area contributed by atoms with E-state index in [1.807, 2.05) is 13.8 Å². The van der Waals surface area contributed by atoms with Crippen molar-refractivity contribution in [3.05, 3.63) is 34.1 Å². The minimum absolute atomic E-state index is 0.0770. The Kier molecular flexibility index (Phi) is 4.27. The molecule has 4 heteroatoms. The summed E-state index contributed by atoms with van der Waals surface area (Å²) in [6, 6.07) is 4.10. The molecule has 0 bridgehead atoms. The number of hydrogen-bond acceptors (Lipinski definition) is 1. The maximum absolute atomic E-state index is 12.8. The molecule has 0 radical (unpaired) electrons. The lowest BCUT2D eigenvalue weighted by Gasteiger charge is -2.19. The zero-order valence-corrected chi connectivity index (χ0v) is 10.3. The van der Waals surface area contributed by atoms with Crippen LogP contribution in [-0.4, -0.2) is 23.9 Å². The third kappa shape index (κ3) is 2.78. The number of rotatable bonds is 3. The van der Waals surface area contributed by atoms with Crippen LogP contribution in [0.1, 0.15) is 24.2 Å². The van der Waals surface area contributed by atoms with Crippen molar-refractivity contribution in [1.29, 1.82) is 0 Å². The molecule has 1 aromatic rings. The van der Waals surface area contributed by atoms with E-state index in [-0.39, 0.29) is 11.7 Å². The van der Waals surface area contributed by atoms with Gasteiger partial charge < -0.3 is 4.90 Å². The summed E-state index contributed by atoms with van der Waals surface area (Å²) in [7, 11) is 0. The average molecular weight is 274 g/mol. The van der Waals surface area contributed by atoms with Gasteiger partial charge in [-0.05, 0) is 48.0 Å². The van der Waals surface area contributed by atoms with Crippen molar-refractivity contribution in [1.82, 2.24) is 4.90 Å². The van der Waals surface area contributed by atoms with Crippen molar-refractivity contribution >= 4 is 21.8 Å². The zero-order valence-electron chi connectivity index (χ0n) is 8.76. The summed E-state index contributed by atoms with van der Waals surface area (Å²) < 4.78 is 13.3. The second-order valence-corrected chi connectivity index (χ2v) is 3.96. The second-order valence-electron chi connectivity index (χ2n) is 3.10. The Labute approximate surface area is 97.2 Å². The first kappa shape index (κ1) is 12.2. The molecule has 15 heavy (non-hydrogen) atoms. The van der Waals surface area contributed by atoms with E-state index in [0.717, 1.165) is 0 Å². The Morgan fingerprint density at radius 1 is 1.40 bits per heavy atom. The first-order valence-electron chi connectivity index (χ1n) is 4.84. The lowest BCUT2D eigenvalue weighted by molar-refractivity contribution is 0.0772. The summed E-state index contributed by atoms with van der Waals surface area (Å²) in [4.78, 5) is 13.6. The molecule has 0 fully saturated rings. The minimum atomic E-state index is -0.349. The average Bonchev–Trinajstić information content (AvgIpc) is 2.19. The molecule has 1 amide bonds. The predicted molar refractivity (Wildman–Crippen MR) is 61.4 cm³/mol. The Balaban J connectivity index is 3.00. The molecule has 1 aromatic carbocycles. The van der Waals surface area contributed by atoms with Crippen LogP contribution in [0.25, 0.3) is 0 Å². The lowest BCUT2D eigenvalue weighted by atomic mass is 10.2. The van der Waals surface area contributed by atoms with Gasteiger partial charge >= 0.3 is 0 Å². The fraction of sp³-hybridized carbons (Fsp3) is 0.364. The summed E-state index contributed by atoms with van der Waals surface area (Å²) in [6.07, 6.45) is 0. The molecule has 0 saturated heterocycles. The van der Waals surface area contributed by atoms with E-state index in [1.165, 1.54) is 18.2 Å². The van der Waals surface area contributed by atoms with Crippen LogP contribution >= 0.6 is 15.9 Å². The lowest BCUT2D eigenvalue weighted by Crippen LogP contribution is -2.30. The van der Waals surface area contributed by atoms with Crippen LogP contribution in [-0.2, 0) is 0 Å². The molecule has 0 aliphatic rings. The second kappa shape index (κ2) is 5.26. The van der Waals surface area contributed by atoms with Gasteiger partial charge in [0.15, 0.2) is 0 Å². The smallest absolute Gasteiger partial charge is 0.254 e. The van der Waals surface area contributed by atoms with E-state index in [2.05, 4.69) is 15.9 Å². The van der Waals surface area contributed by atoms with Crippen LogP contribution < -0.4 is 0 Å². The highest BCUT2D eigenvalue weighted by Gasteiger charge is 2.15. The molecule has 0 spiro atoms. The zero-order chi connectivity index (χ0) is 11.4. The van der Waals surface area contributed by atoms with E-state index in [4.69, 9.17) is 0 Å². The molecule has 0 aromatic heterocycles. The van der Waals surface area contributed by atoms with Crippen molar-refractivity contribution in [3.63, 3.8) is 0 Å². The number of carbonyl (C=O) groups excluding carboxylic acids is 1. The number of benzene rings is 1. The predicted octanol–water partition coefficient (Wildman–Crippen LogP) is 3.07. The monoisotopic (exact) mass is 273 g/mol. The topological polar surface area (TPSA) is 20.3 Å². The van der Waals surface area contributed by atoms with E-state index in [9.17, 15) is 9.18 Å². The van der Waals surface area contributed by atoms with Gasteiger partial charge in [0.25, 0.3) is 5.91 Å². The highest BCUT2D eigenvalue weighted by molar-refractivity contribution is 9.10. The summed E-state index contributed by atoms with van der Waals surface area (Å²) in [6.45, 7) is 5.13. The van der Waals surface area contributed by atoms with E-state index < -0.39 is 0 Å². The van der Waals surface area contributed by atoms with Gasteiger partial charge in [0, 0.05) is 17.6 Å². The van der Waals surface area contributed by atoms with E-state index >= 15 is 0 Å². The van der Waals surface area contributed by atoms with Gasteiger partial charge in [-0.25, -0.2) is 4.39 Å². The number of carbonyl (C=O) groups is 1. The molecule has 0 aliphatic heterocycles. The molecule has 2 nitrogen and oxygen atoms in total. The number of nitrogens with zero attached hydrogens (tertiary/aromatic N) is 1. The summed E-state index contributed by atoms with van der Waals surface area (Å²) in [5.74, 6) is -0.426. The summed E-state index contributed by atoms with van der Waals surface area (Å²) in [5, 5.41) is 0. The first-order valence-corrected chi connectivity index (χ1v) is 5.63. The fourth-order valence-corrected chi connectivity index (χ4v) is 1.86. The van der Waals surface area contributed by atoms with Crippen LogP contribution in [0.15, 0.2) is 22.7 Å². The maximum Gasteiger partial charge on any atom is 0.254 e. The molecule has 1 rings (SSSR count). The van der Waals surface area contributed by atoms with Gasteiger partial charge in [0.05, 0.1) is 5.56 Å². The van der Waals surface area contributed by atoms with Crippen molar-refractivity contribution in [2.24, 2.45) is 0 Å². The Hall–Kier alpha value is -0.900. The largest absolute Gasteiger partial charge is 0.339 e. The molecule has 0 aliphatic carbocycles. The molecule has 0 atom stereocenters. The Bertz CT molecular complexity index is 364. The maximum atomic E-state index is 12.8. The van der Waals surface area contributed by atoms with E-state index in [0.29, 0.717) is 23.1 Å². The number of halogens is 2. The molecule has 82 valence electrons. The van der Waals surface area contributed by atoms with Gasteiger partial charge in [-0.2, -0.15) is 0 Å². The van der Waals surface area contributed by atoms with Gasteiger partial charge in [-0.1, -0.05) is 0 Å². The molecule has 0 unspecified atom stereocenters. The summed E-state index contributed by atoms with van der Waals surface area (Å²) >= 11 is 3.19. The quantitative estimate of drug-likeness (QED) is 0.829. The van der Waals surface area contributed by atoms with Crippen molar-refractivity contribution in [3.8, 4) is 0 Å². The SMILES string of the molecule is CCN(CC)C(=O)c1ccc(F)cc1Br. The number of amides is 1. The molecular formula is C11H13BrFNO. The van der Waals surface area contributed by atoms with Gasteiger partial charge in [-0.15, -0.1) is 0 Å². The van der Waals surface area contributed by atoms with Crippen LogP contribution in [0.2, 0.25) is 0 Å². The Morgan fingerprint density at radius 3 is 2.47 bits per heavy atom. The van der Waals surface area contributed by atoms with Gasteiger partial charge in [0.2, 0.25) is 0 Å². The highest BCUT2D eigenvalue weighted by atomic mass is 79.9. The molecular weight excluding hydrogens is 261 g/mol. The standard InChI is InChI=1S/C11H13BrFNO/c1-3-14(4-2)11(15)9-6-5-8(13)7-10(9)12/h5-7H,3-4H2,1-2H3. The van der Waals surface area contributed by atoms with Crippen molar-refractivity contribution < 1.29 is 9.18 Å². The minimum Gasteiger partial charge on any atom is -0.339 e. The third-order valence-corrected chi connectivity index (χ3v) is 2.87. The van der Waals surface area contributed by atoms with Crippen LogP contribution in [0.5, 0.6) is 0 Å². The van der Waals surface area contributed by atoms with Crippen molar-refractivity contribution in [2.75, 3.05) is 13.1 Å². The first-order chi connectivity index (χ1) is 7.10. The van der Waals surface area contributed by atoms with Gasteiger partial charge in [0.1, 0.15) is 5.82 Å². The highest BCUT2D eigenvalue weighted by Crippen LogP contribution is 2.19. The summed E-state index contributed by atoms with van der Waals surface area (Å²) in [5.41, 5.74) is 0.500. The van der Waals surface area contributed by atoms with Gasteiger partial charge in [-0.3, -0.25) is 4.79 Å². The number of hydrogen-bond donors (Lipinski definition) is 0. The molecule has 0 N–H and O–H groups in total. The van der Waals surface area contributed by atoms with Crippen molar-refractivity contribution in [2.45, 2.75) is 13.8 Å². The molecule has 0 heterocycles. The van der Waals surface area contributed by atoms with E-state index in [1.54, 1.807) is 4.90 Å². The Morgan fingerprint density at radius 2 is 2.00 bits per heavy atom.